The quantitative estimate of drug-likeness (QED) is 0.494. The SMILES string of the molecule is COc1cccc2cc(C(=O)C3=C(O)C(=O)N(CCCN4CCOCC4)C3c3cccnc3)oc12. The normalized spacial score (nSPS) is 19.1. The summed E-state index contributed by atoms with van der Waals surface area (Å²) in [4.78, 5) is 34.8. The van der Waals surface area contributed by atoms with Gasteiger partial charge < -0.3 is 23.9 Å². The van der Waals surface area contributed by atoms with Gasteiger partial charge in [0.2, 0.25) is 5.78 Å². The number of rotatable bonds is 8. The Morgan fingerprint density at radius 3 is 2.77 bits per heavy atom. The van der Waals surface area contributed by atoms with Crippen LogP contribution < -0.4 is 4.74 Å². The van der Waals surface area contributed by atoms with Crippen LogP contribution in [-0.4, -0.2) is 78.1 Å². The van der Waals surface area contributed by atoms with E-state index in [1.807, 2.05) is 6.07 Å². The fourth-order valence-electron chi connectivity index (χ4n) is 4.73. The Kier molecular flexibility index (Phi) is 6.52. The van der Waals surface area contributed by atoms with Crippen LogP contribution in [0.3, 0.4) is 0 Å². The predicted octanol–water partition coefficient (Wildman–Crippen LogP) is 3.14. The van der Waals surface area contributed by atoms with Crippen molar-refractivity contribution >= 4 is 22.7 Å². The molecule has 0 spiro atoms. The largest absolute Gasteiger partial charge is 0.503 e. The molecule has 4 heterocycles. The van der Waals surface area contributed by atoms with Gasteiger partial charge in [-0.1, -0.05) is 18.2 Å². The molecule has 5 rings (SSSR count). The lowest BCUT2D eigenvalue weighted by Crippen LogP contribution is -2.39. The van der Waals surface area contributed by atoms with Gasteiger partial charge in [0.1, 0.15) is 0 Å². The summed E-state index contributed by atoms with van der Waals surface area (Å²) in [5.74, 6) is -1.14. The molecule has 0 radical (unpaired) electrons. The van der Waals surface area contributed by atoms with Gasteiger partial charge >= 0.3 is 0 Å². The molecule has 1 unspecified atom stereocenters. The molecule has 0 saturated carbocycles. The maximum absolute atomic E-state index is 13.6. The maximum atomic E-state index is 13.6. The smallest absolute Gasteiger partial charge is 0.290 e. The van der Waals surface area contributed by atoms with Gasteiger partial charge in [0.05, 0.1) is 31.9 Å². The predicted molar refractivity (Wildman–Crippen MR) is 127 cm³/mol. The van der Waals surface area contributed by atoms with Gasteiger partial charge in [-0.3, -0.25) is 19.5 Å². The number of benzene rings is 1. The van der Waals surface area contributed by atoms with Crippen molar-refractivity contribution in [2.75, 3.05) is 46.5 Å². The highest BCUT2D eigenvalue weighted by atomic mass is 16.5. The lowest BCUT2D eigenvalue weighted by Gasteiger charge is -2.29. The van der Waals surface area contributed by atoms with Gasteiger partial charge in [-0.25, -0.2) is 0 Å². The molecule has 1 fully saturated rings. The second-order valence-corrected chi connectivity index (χ2v) is 8.58. The van der Waals surface area contributed by atoms with E-state index in [2.05, 4.69) is 9.88 Å². The molecule has 9 nitrogen and oxygen atoms in total. The molecule has 0 bridgehead atoms. The van der Waals surface area contributed by atoms with E-state index in [1.165, 1.54) is 7.11 Å². The Hall–Kier alpha value is -3.69. The van der Waals surface area contributed by atoms with Crippen molar-refractivity contribution in [1.29, 1.82) is 0 Å². The summed E-state index contributed by atoms with van der Waals surface area (Å²) < 4.78 is 16.6. The fourth-order valence-corrected chi connectivity index (χ4v) is 4.73. The van der Waals surface area contributed by atoms with Crippen LogP contribution in [-0.2, 0) is 9.53 Å². The second-order valence-electron chi connectivity index (χ2n) is 8.58. The summed E-state index contributed by atoms with van der Waals surface area (Å²) in [6.07, 6.45) is 3.93. The van der Waals surface area contributed by atoms with E-state index >= 15 is 0 Å². The highest BCUT2D eigenvalue weighted by Gasteiger charge is 2.44. The molecule has 2 aliphatic heterocycles. The van der Waals surface area contributed by atoms with Gasteiger partial charge in [-0.15, -0.1) is 0 Å². The van der Waals surface area contributed by atoms with Crippen molar-refractivity contribution in [3.63, 3.8) is 0 Å². The first-order chi connectivity index (χ1) is 17.1. The van der Waals surface area contributed by atoms with E-state index in [9.17, 15) is 14.7 Å². The molecule has 2 aliphatic rings. The average molecular weight is 478 g/mol. The summed E-state index contributed by atoms with van der Waals surface area (Å²) >= 11 is 0. The van der Waals surface area contributed by atoms with E-state index in [0.29, 0.717) is 48.5 Å². The number of furan rings is 1. The summed E-state index contributed by atoms with van der Waals surface area (Å²) in [5.41, 5.74) is 1.07. The number of aliphatic hydroxyl groups is 1. The summed E-state index contributed by atoms with van der Waals surface area (Å²) in [7, 11) is 1.52. The number of carbonyl (C=O) groups excluding carboxylic acids is 2. The molecule has 1 N–H and O–H groups in total. The van der Waals surface area contributed by atoms with Crippen molar-refractivity contribution in [2.45, 2.75) is 12.5 Å². The Balaban J connectivity index is 1.45. The number of aromatic nitrogens is 1. The minimum Gasteiger partial charge on any atom is -0.503 e. The lowest BCUT2D eigenvalue weighted by atomic mass is 9.96. The van der Waals surface area contributed by atoms with E-state index in [4.69, 9.17) is 13.9 Å². The third-order valence-corrected chi connectivity index (χ3v) is 6.48. The summed E-state index contributed by atoms with van der Waals surface area (Å²) in [6.45, 7) is 4.27. The van der Waals surface area contributed by atoms with Crippen LogP contribution in [0.25, 0.3) is 11.0 Å². The monoisotopic (exact) mass is 477 g/mol. The van der Waals surface area contributed by atoms with E-state index in [-0.39, 0.29) is 11.3 Å². The van der Waals surface area contributed by atoms with Gasteiger partial charge in [0, 0.05) is 44.0 Å². The molecule has 1 atom stereocenters. The average Bonchev–Trinajstić information content (AvgIpc) is 3.44. The number of hydrogen-bond donors (Lipinski definition) is 1. The molecule has 2 aromatic heterocycles. The fraction of sp³-hybridized carbons (Fsp3) is 0.346. The zero-order valence-corrected chi connectivity index (χ0v) is 19.5. The number of para-hydroxylation sites is 1. The Morgan fingerprint density at radius 2 is 2.03 bits per heavy atom. The number of methoxy groups -OCH3 is 1. The highest BCUT2D eigenvalue weighted by Crippen LogP contribution is 2.40. The molecule has 1 amide bonds. The Labute approximate surface area is 202 Å². The van der Waals surface area contributed by atoms with Gasteiger partial charge in [0.15, 0.2) is 22.9 Å². The summed E-state index contributed by atoms with van der Waals surface area (Å²) in [6, 6.07) is 9.74. The minimum atomic E-state index is -0.761. The van der Waals surface area contributed by atoms with Crippen molar-refractivity contribution in [1.82, 2.24) is 14.8 Å². The van der Waals surface area contributed by atoms with E-state index in [1.54, 1.807) is 47.6 Å². The molecule has 0 aliphatic carbocycles. The lowest BCUT2D eigenvalue weighted by molar-refractivity contribution is -0.129. The van der Waals surface area contributed by atoms with Crippen molar-refractivity contribution < 1.29 is 28.6 Å². The van der Waals surface area contributed by atoms with Crippen LogP contribution in [0.2, 0.25) is 0 Å². The minimum absolute atomic E-state index is 0.00704. The molecule has 182 valence electrons. The van der Waals surface area contributed by atoms with Crippen LogP contribution in [0.4, 0.5) is 0 Å². The number of morpholine rings is 1. The van der Waals surface area contributed by atoms with E-state index < -0.39 is 23.5 Å². The van der Waals surface area contributed by atoms with Gasteiger partial charge in [-0.05, 0) is 30.2 Å². The second kappa shape index (κ2) is 9.89. The van der Waals surface area contributed by atoms with Crippen LogP contribution in [0.15, 0.2) is 64.5 Å². The third kappa shape index (κ3) is 4.40. The molecular formula is C26H27N3O6. The summed E-state index contributed by atoms with van der Waals surface area (Å²) in [5, 5.41) is 11.6. The molecular weight excluding hydrogens is 450 g/mol. The highest BCUT2D eigenvalue weighted by molar-refractivity contribution is 6.16. The van der Waals surface area contributed by atoms with Crippen LogP contribution in [0.5, 0.6) is 5.75 Å². The van der Waals surface area contributed by atoms with Gasteiger partial charge in [-0.2, -0.15) is 0 Å². The van der Waals surface area contributed by atoms with Crippen molar-refractivity contribution in [2.24, 2.45) is 0 Å². The zero-order valence-electron chi connectivity index (χ0n) is 19.5. The number of ether oxygens (including phenoxy) is 2. The molecule has 35 heavy (non-hydrogen) atoms. The standard InChI is InChI=1S/C26H27N3O6/c1-33-19-7-2-5-17-15-20(35-25(17)19)23(30)21-22(18-6-3-8-27-16-18)29(26(32)24(21)31)10-4-9-28-11-13-34-14-12-28/h2-3,5-8,15-16,22,31H,4,9-14H2,1H3. The first kappa shape index (κ1) is 23.1. The number of aliphatic hydroxyl groups excluding tert-OH is 1. The number of carbonyl (C=O) groups is 2. The number of fused-ring (bicyclic) bond motifs is 1. The zero-order chi connectivity index (χ0) is 24.4. The third-order valence-electron chi connectivity index (χ3n) is 6.48. The number of amides is 1. The molecule has 3 aromatic rings. The number of Topliss-reactive ketones (excluding diaryl/α,β-unsaturated/α-hetero) is 1. The first-order valence-corrected chi connectivity index (χ1v) is 11.6. The Bertz CT molecular complexity index is 1260. The van der Waals surface area contributed by atoms with Crippen molar-refractivity contribution in [3.8, 4) is 5.75 Å². The Morgan fingerprint density at radius 1 is 1.20 bits per heavy atom. The van der Waals surface area contributed by atoms with Crippen molar-refractivity contribution in [3.05, 3.63) is 71.4 Å². The number of nitrogens with zero attached hydrogens (tertiary/aromatic N) is 3. The van der Waals surface area contributed by atoms with Crippen LogP contribution >= 0.6 is 0 Å². The number of ketones is 1. The topological polar surface area (TPSA) is 105 Å². The first-order valence-electron chi connectivity index (χ1n) is 11.6. The van der Waals surface area contributed by atoms with Gasteiger partial charge in [0.25, 0.3) is 5.91 Å². The van der Waals surface area contributed by atoms with E-state index in [0.717, 1.165) is 19.6 Å². The molecule has 1 saturated heterocycles. The maximum Gasteiger partial charge on any atom is 0.290 e. The number of pyridine rings is 1. The molecule has 9 heteroatoms. The van der Waals surface area contributed by atoms with Crippen LogP contribution in [0.1, 0.15) is 28.6 Å². The number of hydrogen-bond acceptors (Lipinski definition) is 8. The molecule has 1 aromatic carbocycles. The van der Waals surface area contributed by atoms with Crippen LogP contribution in [0, 0.1) is 0 Å².